The highest BCUT2D eigenvalue weighted by atomic mass is 16.5. The molecular weight excluding hydrogens is 432 g/mol. The number of benzene rings is 2. The monoisotopic (exact) mass is 458 g/mol. The van der Waals surface area contributed by atoms with Gasteiger partial charge in [0.05, 0.1) is 25.0 Å². The van der Waals surface area contributed by atoms with E-state index >= 15 is 0 Å². The van der Waals surface area contributed by atoms with Gasteiger partial charge in [-0.2, -0.15) is 0 Å². The molecule has 2 heterocycles. The van der Waals surface area contributed by atoms with E-state index in [0.29, 0.717) is 29.4 Å². The fourth-order valence-electron chi connectivity index (χ4n) is 3.92. The Labute approximate surface area is 198 Å². The van der Waals surface area contributed by atoms with Gasteiger partial charge < -0.3 is 19.5 Å². The average molecular weight is 459 g/mol. The van der Waals surface area contributed by atoms with Crippen LogP contribution in [0.4, 0.5) is 0 Å². The molecule has 1 unspecified atom stereocenters. The summed E-state index contributed by atoms with van der Waals surface area (Å²) >= 11 is 0. The summed E-state index contributed by atoms with van der Waals surface area (Å²) in [6.45, 7) is 2.71. The van der Waals surface area contributed by atoms with Crippen molar-refractivity contribution in [3.63, 3.8) is 0 Å². The molecule has 0 aliphatic carbocycles. The van der Waals surface area contributed by atoms with Crippen LogP contribution in [0.3, 0.4) is 0 Å². The minimum atomic E-state index is -0.830. The van der Waals surface area contributed by atoms with E-state index in [2.05, 4.69) is 4.98 Å². The van der Waals surface area contributed by atoms with E-state index < -0.39 is 17.7 Å². The van der Waals surface area contributed by atoms with Crippen molar-refractivity contribution in [2.45, 2.75) is 25.9 Å². The van der Waals surface area contributed by atoms with Gasteiger partial charge in [0.25, 0.3) is 11.7 Å². The van der Waals surface area contributed by atoms with E-state index in [1.165, 1.54) is 4.90 Å². The molecule has 1 aliphatic rings. The molecule has 2 aromatic carbocycles. The minimum Gasteiger partial charge on any atom is -0.507 e. The molecule has 1 aromatic heterocycles. The Morgan fingerprint density at radius 2 is 1.82 bits per heavy atom. The second kappa shape index (κ2) is 10.2. The predicted molar refractivity (Wildman–Crippen MR) is 127 cm³/mol. The zero-order valence-corrected chi connectivity index (χ0v) is 19.1. The molecule has 1 amide bonds. The molecule has 3 aromatic rings. The van der Waals surface area contributed by atoms with Crippen molar-refractivity contribution in [1.29, 1.82) is 0 Å². The molecule has 34 heavy (non-hydrogen) atoms. The van der Waals surface area contributed by atoms with Crippen molar-refractivity contribution >= 4 is 17.4 Å². The summed E-state index contributed by atoms with van der Waals surface area (Å²) < 4.78 is 10.9. The number of carbonyl (C=O) groups is 2. The average Bonchev–Trinajstić information content (AvgIpc) is 3.13. The number of nitrogens with zero attached hydrogens (tertiary/aromatic N) is 2. The molecule has 0 spiro atoms. The number of aliphatic hydroxyl groups is 1. The number of aliphatic hydroxyl groups excluding tert-OH is 1. The molecule has 1 atom stereocenters. The van der Waals surface area contributed by atoms with Gasteiger partial charge in [-0.05, 0) is 48.4 Å². The van der Waals surface area contributed by atoms with Crippen molar-refractivity contribution in [3.05, 3.63) is 95.3 Å². The van der Waals surface area contributed by atoms with Crippen molar-refractivity contribution in [2.75, 3.05) is 13.7 Å². The number of hydrogen-bond acceptors (Lipinski definition) is 6. The van der Waals surface area contributed by atoms with Crippen LogP contribution >= 0.6 is 0 Å². The van der Waals surface area contributed by atoms with E-state index in [1.54, 1.807) is 67.9 Å². The van der Waals surface area contributed by atoms with Crippen LogP contribution in [0.1, 0.15) is 36.2 Å². The lowest BCUT2D eigenvalue weighted by atomic mass is 9.98. The lowest BCUT2D eigenvalue weighted by Gasteiger charge is -2.24. The molecule has 0 bridgehead atoms. The fourth-order valence-corrected chi connectivity index (χ4v) is 3.92. The number of rotatable bonds is 8. The third-order valence-electron chi connectivity index (χ3n) is 5.60. The zero-order chi connectivity index (χ0) is 24.1. The topological polar surface area (TPSA) is 89.0 Å². The van der Waals surface area contributed by atoms with Gasteiger partial charge in [-0.25, -0.2) is 0 Å². The summed E-state index contributed by atoms with van der Waals surface area (Å²) in [5.74, 6) is -0.425. The van der Waals surface area contributed by atoms with Crippen LogP contribution in [0.5, 0.6) is 11.5 Å². The molecule has 1 aliphatic heterocycles. The maximum atomic E-state index is 13.2. The number of pyridine rings is 1. The summed E-state index contributed by atoms with van der Waals surface area (Å²) in [7, 11) is 1.58. The van der Waals surface area contributed by atoms with Gasteiger partial charge >= 0.3 is 0 Å². The first kappa shape index (κ1) is 23.0. The van der Waals surface area contributed by atoms with Gasteiger partial charge in [0, 0.05) is 18.3 Å². The second-order valence-corrected chi connectivity index (χ2v) is 7.91. The SMILES string of the molecule is CCCOc1cccc(/C(O)=C2/C(=O)C(=O)N(Cc3ccc(OC)cc3)C2c2ccccn2)c1. The van der Waals surface area contributed by atoms with Gasteiger partial charge in [-0.15, -0.1) is 0 Å². The van der Waals surface area contributed by atoms with Crippen LogP contribution in [0.25, 0.3) is 5.76 Å². The number of hydrogen-bond donors (Lipinski definition) is 1. The Hall–Kier alpha value is -4.13. The lowest BCUT2D eigenvalue weighted by molar-refractivity contribution is -0.140. The molecule has 4 rings (SSSR count). The van der Waals surface area contributed by atoms with E-state index in [9.17, 15) is 14.7 Å². The van der Waals surface area contributed by atoms with Crippen LogP contribution in [-0.2, 0) is 16.1 Å². The highest BCUT2D eigenvalue weighted by Crippen LogP contribution is 2.39. The van der Waals surface area contributed by atoms with Crippen molar-refractivity contribution < 1.29 is 24.2 Å². The molecule has 0 saturated carbocycles. The summed E-state index contributed by atoms with van der Waals surface area (Å²) in [6.07, 6.45) is 2.44. The Kier molecular flexibility index (Phi) is 6.92. The van der Waals surface area contributed by atoms with Crippen molar-refractivity contribution in [3.8, 4) is 11.5 Å². The predicted octanol–water partition coefficient (Wildman–Crippen LogP) is 4.50. The van der Waals surface area contributed by atoms with Crippen LogP contribution in [-0.4, -0.2) is 40.4 Å². The second-order valence-electron chi connectivity index (χ2n) is 7.91. The maximum Gasteiger partial charge on any atom is 0.296 e. The van der Waals surface area contributed by atoms with Gasteiger partial charge in [-0.1, -0.05) is 37.3 Å². The normalized spacial score (nSPS) is 17.1. The molecule has 7 nitrogen and oxygen atoms in total. The molecule has 7 heteroatoms. The standard InChI is InChI=1S/C27H26N2O5/c1-3-15-34-21-8-6-7-19(16-21)25(30)23-24(22-9-4-5-14-28-22)29(27(32)26(23)31)17-18-10-12-20(33-2)13-11-18/h4-14,16,24,30H,3,15,17H2,1-2H3/b25-23-. The Morgan fingerprint density at radius 3 is 2.50 bits per heavy atom. The van der Waals surface area contributed by atoms with Crippen molar-refractivity contribution in [2.24, 2.45) is 0 Å². The molecular formula is C27H26N2O5. The highest BCUT2D eigenvalue weighted by molar-refractivity contribution is 6.46. The summed E-state index contributed by atoms with van der Waals surface area (Å²) in [4.78, 5) is 32.1. The number of carbonyl (C=O) groups excluding carboxylic acids is 2. The van der Waals surface area contributed by atoms with Gasteiger partial charge in [0.15, 0.2) is 0 Å². The zero-order valence-electron chi connectivity index (χ0n) is 19.1. The Bertz CT molecular complexity index is 1210. The number of aromatic nitrogens is 1. The van der Waals surface area contributed by atoms with Gasteiger partial charge in [0.1, 0.15) is 23.3 Å². The van der Waals surface area contributed by atoms with E-state index in [1.807, 2.05) is 19.1 Å². The highest BCUT2D eigenvalue weighted by Gasteiger charge is 2.46. The molecule has 1 fully saturated rings. The quantitative estimate of drug-likeness (QED) is 0.304. The minimum absolute atomic E-state index is 0.00449. The van der Waals surface area contributed by atoms with Gasteiger partial charge in [-0.3, -0.25) is 14.6 Å². The van der Waals surface area contributed by atoms with E-state index in [-0.39, 0.29) is 17.9 Å². The largest absolute Gasteiger partial charge is 0.507 e. The van der Waals surface area contributed by atoms with Crippen LogP contribution < -0.4 is 9.47 Å². The third kappa shape index (κ3) is 4.64. The molecule has 1 saturated heterocycles. The number of amides is 1. The number of ether oxygens (including phenoxy) is 2. The lowest BCUT2D eigenvalue weighted by Crippen LogP contribution is -2.29. The molecule has 1 N–H and O–H groups in total. The van der Waals surface area contributed by atoms with Crippen LogP contribution in [0.15, 0.2) is 78.5 Å². The number of methoxy groups -OCH3 is 1. The molecule has 174 valence electrons. The molecule has 0 radical (unpaired) electrons. The van der Waals surface area contributed by atoms with E-state index in [4.69, 9.17) is 9.47 Å². The number of Topliss-reactive ketones (excluding diaryl/α,β-unsaturated/α-hetero) is 1. The van der Waals surface area contributed by atoms with Crippen molar-refractivity contribution in [1.82, 2.24) is 9.88 Å². The number of likely N-dealkylation sites (tertiary alicyclic amines) is 1. The van der Waals surface area contributed by atoms with Crippen LogP contribution in [0.2, 0.25) is 0 Å². The first-order valence-electron chi connectivity index (χ1n) is 11.1. The Balaban J connectivity index is 1.77. The third-order valence-corrected chi connectivity index (χ3v) is 5.60. The first-order chi connectivity index (χ1) is 16.5. The summed E-state index contributed by atoms with van der Waals surface area (Å²) in [5, 5.41) is 11.2. The van der Waals surface area contributed by atoms with Crippen LogP contribution in [0, 0.1) is 0 Å². The maximum absolute atomic E-state index is 13.2. The van der Waals surface area contributed by atoms with E-state index in [0.717, 1.165) is 12.0 Å². The smallest absolute Gasteiger partial charge is 0.296 e. The Morgan fingerprint density at radius 1 is 1.03 bits per heavy atom. The summed E-state index contributed by atoms with van der Waals surface area (Å²) in [5.41, 5.74) is 1.72. The first-order valence-corrected chi connectivity index (χ1v) is 11.1. The van der Waals surface area contributed by atoms with Gasteiger partial charge in [0.2, 0.25) is 0 Å². The number of ketones is 1. The fraction of sp³-hybridized carbons (Fsp3) is 0.222. The summed E-state index contributed by atoms with van der Waals surface area (Å²) in [6, 6.07) is 18.6.